The molecule has 0 bridgehead atoms. The van der Waals surface area contributed by atoms with Crippen LogP contribution in [0, 0.1) is 34.6 Å². The maximum absolute atomic E-state index is 6.11. The molecule has 2 rings (SSSR count). The molecule has 0 radical (unpaired) electrons. The molecule has 0 aliphatic carbocycles. The zero-order valence-corrected chi connectivity index (χ0v) is 14.3. The van der Waals surface area contributed by atoms with Crippen LogP contribution in [0.5, 0.6) is 5.75 Å². The lowest BCUT2D eigenvalue weighted by Crippen LogP contribution is -2.04. The molecule has 0 fully saturated rings. The molecule has 2 aromatic rings. The molecule has 0 saturated carbocycles. The predicted octanol–water partition coefficient (Wildman–Crippen LogP) is 5.55. The van der Waals surface area contributed by atoms with Crippen molar-refractivity contribution >= 4 is 11.6 Å². The second-order valence-corrected chi connectivity index (χ2v) is 6.13. The lowest BCUT2D eigenvalue weighted by atomic mass is 10.0. The molecule has 0 aliphatic heterocycles. The van der Waals surface area contributed by atoms with E-state index in [1.807, 2.05) is 0 Å². The third-order valence-electron chi connectivity index (χ3n) is 3.88. The van der Waals surface area contributed by atoms with Gasteiger partial charge in [-0.2, -0.15) is 0 Å². The van der Waals surface area contributed by atoms with Crippen molar-refractivity contribution in [3.8, 4) is 5.75 Å². The molecule has 0 aromatic heterocycles. The fourth-order valence-electron chi connectivity index (χ4n) is 2.93. The fraction of sp³-hybridized carbons (Fsp3) is 0.368. The van der Waals surface area contributed by atoms with Gasteiger partial charge in [0.1, 0.15) is 12.4 Å². The summed E-state index contributed by atoms with van der Waals surface area (Å²) >= 11 is 5.91. The first-order chi connectivity index (χ1) is 9.92. The summed E-state index contributed by atoms with van der Waals surface area (Å²) in [6, 6.07) is 8.62. The van der Waals surface area contributed by atoms with E-state index in [2.05, 4.69) is 58.9 Å². The summed E-state index contributed by atoms with van der Waals surface area (Å²) in [5, 5.41) is 0. The summed E-state index contributed by atoms with van der Waals surface area (Å²) in [4.78, 5) is 0. The van der Waals surface area contributed by atoms with Gasteiger partial charge in [0.15, 0.2) is 0 Å². The van der Waals surface area contributed by atoms with Crippen LogP contribution in [-0.4, -0.2) is 0 Å². The number of hydrogen-bond donors (Lipinski definition) is 0. The summed E-state index contributed by atoms with van der Waals surface area (Å²) in [5.74, 6) is 1.52. The number of hydrogen-bond acceptors (Lipinski definition) is 1. The zero-order chi connectivity index (χ0) is 15.6. The fourth-order valence-corrected chi connectivity index (χ4v) is 3.08. The summed E-state index contributed by atoms with van der Waals surface area (Å²) in [6.07, 6.45) is 0. The van der Waals surface area contributed by atoms with Crippen molar-refractivity contribution in [1.82, 2.24) is 0 Å². The van der Waals surface area contributed by atoms with Crippen LogP contribution in [0.25, 0.3) is 0 Å². The van der Waals surface area contributed by atoms with E-state index in [0.717, 1.165) is 22.4 Å². The minimum Gasteiger partial charge on any atom is -0.488 e. The van der Waals surface area contributed by atoms with Gasteiger partial charge in [-0.05, 0) is 68.0 Å². The molecule has 0 N–H and O–H groups in total. The van der Waals surface area contributed by atoms with Gasteiger partial charge in [0, 0.05) is 5.88 Å². The van der Waals surface area contributed by atoms with Crippen LogP contribution < -0.4 is 4.74 Å². The van der Waals surface area contributed by atoms with Gasteiger partial charge in [0.05, 0.1) is 0 Å². The summed E-state index contributed by atoms with van der Waals surface area (Å²) < 4.78 is 6.11. The first-order valence-corrected chi connectivity index (χ1v) is 7.81. The Morgan fingerprint density at radius 2 is 1.33 bits per heavy atom. The Hall–Kier alpha value is -1.47. The Bertz CT molecular complexity index is 613. The summed E-state index contributed by atoms with van der Waals surface area (Å²) in [5.41, 5.74) is 8.59. The molecule has 2 heteroatoms. The number of benzene rings is 2. The van der Waals surface area contributed by atoms with Gasteiger partial charge in [0.25, 0.3) is 0 Å². The van der Waals surface area contributed by atoms with Gasteiger partial charge in [-0.3, -0.25) is 0 Å². The van der Waals surface area contributed by atoms with Crippen molar-refractivity contribution in [3.63, 3.8) is 0 Å². The molecular formula is C19H23ClO. The number of rotatable bonds is 4. The van der Waals surface area contributed by atoms with E-state index in [9.17, 15) is 0 Å². The van der Waals surface area contributed by atoms with Gasteiger partial charge in [-0.25, -0.2) is 0 Å². The standard InChI is InChI=1S/C19H23ClO/c1-12-6-13(2)18(14(3)7-12)11-21-19-15(4)8-17(10-20)9-16(19)5/h6-9H,10-11H2,1-5H3. The van der Waals surface area contributed by atoms with Gasteiger partial charge in [-0.15, -0.1) is 11.6 Å². The Morgan fingerprint density at radius 3 is 1.81 bits per heavy atom. The van der Waals surface area contributed by atoms with Crippen LogP contribution in [0.15, 0.2) is 24.3 Å². The van der Waals surface area contributed by atoms with E-state index in [0.29, 0.717) is 12.5 Å². The lowest BCUT2D eigenvalue weighted by Gasteiger charge is -2.16. The molecular weight excluding hydrogens is 280 g/mol. The van der Waals surface area contributed by atoms with Crippen molar-refractivity contribution < 1.29 is 4.74 Å². The van der Waals surface area contributed by atoms with E-state index in [1.54, 1.807) is 0 Å². The normalized spacial score (nSPS) is 10.8. The highest BCUT2D eigenvalue weighted by Crippen LogP contribution is 2.27. The number of alkyl halides is 1. The first kappa shape index (κ1) is 15.9. The van der Waals surface area contributed by atoms with E-state index < -0.39 is 0 Å². The largest absolute Gasteiger partial charge is 0.488 e. The first-order valence-electron chi connectivity index (χ1n) is 7.28. The van der Waals surface area contributed by atoms with Gasteiger partial charge in [-0.1, -0.05) is 29.8 Å². The van der Waals surface area contributed by atoms with Crippen LogP contribution in [0.3, 0.4) is 0 Å². The lowest BCUT2D eigenvalue weighted by molar-refractivity contribution is 0.300. The number of ether oxygens (including phenoxy) is 1. The molecule has 21 heavy (non-hydrogen) atoms. The summed E-state index contributed by atoms with van der Waals surface area (Å²) in [7, 11) is 0. The molecule has 0 aliphatic rings. The molecule has 112 valence electrons. The van der Waals surface area contributed by atoms with Crippen molar-refractivity contribution in [3.05, 3.63) is 63.2 Å². The van der Waals surface area contributed by atoms with Crippen LogP contribution in [0.2, 0.25) is 0 Å². The maximum Gasteiger partial charge on any atom is 0.125 e. The molecule has 0 heterocycles. The second-order valence-electron chi connectivity index (χ2n) is 5.86. The maximum atomic E-state index is 6.11. The highest BCUT2D eigenvalue weighted by Gasteiger charge is 2.09. The topological polar surface area (TPSA) is 9.23 Å². The molecule has 2 aromatic carbocycles. The molecule has 0 amide bonds. The third-order valence-corrected chi connectivity index (χ3v) is 4.18. The SMILES string of the molecule is Cc1cc(C)c(COc2c(C)cc(CCl)cc2C)c(C)c1. The molecule has 0 saturated heterocycles. The Morgan fingerprint density at radius 1 is 0.810 bits per heavy atom. The van der Waals surface area contributed by atoms with Crippen LogP contribution in [-0.2, 0) is 12.5 Å². The molecule has 0 unspecified atom stereocenters. The summed E-state index contributed by atoms with van der Waals surface area (Å²) in [6.45, 7) is 11.2. The van der Waals surface area contributed by atoms with Crippen molar-refractivity contribution in [1.29, 1.82) is 0 Å². The molecule has 1 nitrogen and oxygen atoms in total. The van der Waals surface area contributed by atoms with Gasteiger partial charge >= 0.3 is 0 Å². The van der Waals surface area contributed by atoms with Gasteiger partial charge < -0.3 is 4.74 Å². The Labute approximate surface area is 132 Å². The predicted molar refractivity (Wildman–Crippen MR) is 90.5 cm³/mol. The zero-order valence-electron chi connectivity index (χ0n) is 13.5. The van der Waals surface area contributed by atoms with E-state index in [4.69, 9.17) is 16.3 Å². The monoisotopic (exact) mass is 302 g/mol. The van der Waals surface area contributed by atoms with E-state index in [-0.39, 0.29) is 0 Å². The Kier molecular flexibility index (Phi) is 4.95. The molecule has 0 atom stereocenters. The van der Waals surface area contributed by atoms with Crippen LogP contribution in [0.4, 0.5) is 0 Å². The minimum atomic E-state index is 0.540. The average molecular weight is 303 g/mol. The van der Waals surface area contributed by atoms with Crippen molar-refractivity contribution in [2.24, 2.45) is 0 Å². The van der Waals surface area contributed by atoms with E-state index >= 15 is 0 Å². The molecule has 0 spiro atoms. The third kappa shape index (κ3) is 3.59. The Balaban J connectivity index is 2.25. The smallest absolute Gasteiger partial charge is 0.125 e. The van der Waals surface area contributed by atoms with Crippen molar-refractivity contribution in [2.75, 3.05) is 0 Å². The number of halogens is 1. The quantitative estimate of drug-likeness (QED) is 0.673. The minimum absolute atomic E-state index is 0.540. The van der Waals surface area contributed by atoms with Gasteiger partial charge in [0.2, 0.25) is 0 Å². The highest BCUT2D eigenvalue weighted by molar-refractivity contribution is 6.17. The van der Waals surface area contributed by atoms with Crippen molar-refractivity contribution in [2.45, 2.75) is 47.1 Å². The number of aryl methyl sites for hydroxylation is 5. The van der Waals surface area contributed by atoms with Crippen LogP contribution in [0.1, 0.15) is 38.9 Å². The van der Waals surface area contributed by atoms with E-state index in [1.165, 1.54) is 22.3 Å². The highest BCUT2D eigenvalue weighted by atomic mass is 35.5. The average Bonchev–Trinajstić information content (AvgIpc) is 2.39. The van der Waals surface area contributed by atoms with Crippen LogP contribution >= 0.6 is 11.6 Å². The second kappa shape index (κ2) is 6.53.